The quantitative estimate of drug-likeness (QED) is 0.604. The molecule has 13 heavy (non-hydrogen) atoms. The number of hydrogen-bond donors (Lipinski definition) is 2. The first kappa shape index (κ1) is 10.1. The summed E-state index contributed by atoms with van der Waals surface area (Å²) in [6.45, 7) is 1.95. The van der Waals surface area contributed by atoms with Crippen LogP contribution in [0.15, 0.2) is 12.4 Å². The topological polar surface area (TPSA) is 66.9 Å². The van der Waals surface area contributed by atoms with Gasteiger partial charge in [-0.05, 0) is 0 Å². The molecule has 0 radical (unpaired) electrons. The lowest BCUT2D eigenvalue weighted by molar-refractivity contribution is 0.0947. The fourth-order valence-electron chi connectivity index (χ4n) is 0.770. The Morgan fingerprint density at radius 1 is 1.54 bits per heavy atom. The third-order valence-corrected chi connectivity index (χ3v) is 1.64. The van der Waals surface area contributed by atoms with Gasteiger partial charge in [-0.1, -0.05) is 6.92 Å². The lowest BCUT2D eigenvalue weighted by Gasteiger charge is -2.00. The highest BCUT2D eigenvalue weighted by Crippen LogP contribution is 1.96. The van der Waals surface area contributed by atoms with Crippen molar-refractivity contribution < 1.29 is 4.79 Å². The van der Waals surface area contributed by atoms with Crippen molar-refractivity contribution in [2.45, 2.75) is 13.3 Å². The van der Waals surface area contributed by atoms with Gasteiger partial charge >= 0.3 is 0 Å². The van der Waals surface area contributed by atoms with Crippen LogP contribution in [0.5, 0.6) is 0 Å². The van der Waals surface area contributed by atoms with Gasteiger partial charge in [0.05, 0.1) is 5.56 Å². The van der Waals surface area contributed by atoms with Gasteiger partial charge in [-0.15, -0.1) is 0 Å². The Labute approximate surface area is 84.3 Å². The molecule has 0 bridgehead atoms. The van der Waals surface area contributed by atoms with E-state index in [-0.39, 0.29) is 5.91 Å². The van der Waals surface area contributed by atoms with Gasteiger partial charge in [0.15, 0.2) is 0 Å². The van der Waals surface area contributed by atoms with Crippen molar-refractivity contribution in [3.8, 4) is 0 Å². The standard InChI is InChI=1S/C7H9BrN4O/c1-2-6-9-3-5(4-10-6)7(13)11-12-8/h3-4,12H,2H2,1H3,(H,11,13). The molecular weight excluding hydrogens is 236 g/mol. The third kappa shape index (κ3) is 2.74. The largest absolute Gasteiger partial charge is 0.277 e. The Balaban J connectivity index is 2.74. The summed E-state index contributed by atoms with van der Waals surface area (Å²) in [5.74, 6) is 0.447. The van der Waals surface area contributed by atoms with Crippen LogP contribution >= 0.6 is 16.1 Å². The minimum atomic E-state index is -0.278. The van der Waals surface area contributed by atoms with Crippen molar-refractivity contribution in [1.82, 2.24) is 19.8 Å². The van der Waals surface area contributed by atoms with Gasteiger partial charge in [0, 0.05) is 35.0 Å². The van der Waals surface area contributed by atoms with Crippen LogP contribution in [0, 0.1) is 0 Å². The Morgan fingerprint density at radius 3 is 2.62 bits per heavy atom. The molecule has 1 aromatic heterocycles. The average molecular weight is 245 g/mol. The highest BCUT2D eigenvalue weighted by molar-refractivity contribution is 9.08. The van der Waals surface area contributed by atoms with Gasteiger partial charge in [-0.2, -0.15) is 4.45 Å². The van der Waals surface area contributed by atoms with E-state index in [1.807, 2.05) is 6.92 Å². The summed E-state index contributed by atoms with van der Waals surface area (Å²) in [6.07, 6.45) is 3.75. The van der Waals surface area contributed by atoms with E-state index < -0.39 is 0 Å². The Bertz CT molecular complexity index is 287. The molecule has 1 rings (SSSR count). The van der Waals surface area contributed by atoms with E-state index in [9.17, 15) is 4.79 Å². The smallest absolute Gasteiger partial charge is 0.269 e. The number of aryl methyl sites for hydroxylation is 1. The van der Waals surface area contributed by atoms with Crippen molar-refractivity contribution in [3.63, 3.8) is 0 Å². The maximum Gasteiger partial charge on any atom is 0.269 e. The van der Waals surface area contributed by atoms with Crippen LogP contribution in [0.4, 0.5) is 0 Å². The minimum Gasteiger partial charge on any atom is -0.277 e. The molecule has 0 aliphatic carbocycles. The molecule has 0 aromatic carbocycles. The molecule has 70 valence electrons. The molecule has 0 saturated carbocycles. The summed E-state index contributed by atoms with van der Waals surface area (Å²) in [5, 5.41) is 0. The predicted octanol–water partition coefficient (Wildman–Crippen LogP) is 0.583. The number of nitrogens with one attached hydrogen (secondary N) is 2. The zero-order valence-corrected chi connectivity index (χ0v) is 8.63. The van der Waals surface area contributed by atoms with E-state index >= 15 is 0 Å². The van der Waals surface area contributed by atoms with Crippen molar-refractivity contribution in [3.05, 3.63) is 23.8 Å². The maximum absolute atomic E-state index is 11.2. The number of hydrogen-bond acceptors (Lipinski definition) is 4. The Hall–Kier alpha value is -1.01. The van der Waals surface area contributed by atoms with Crippen LogP contribution in [0.3, 0.4) is 0 Å². The molecule has 6 heteroatoms. The summed E-state index contributed by atoms with van der Waals surface area (Å²) in [5.41, 5.74) is 2.77. The molecule has 0 unspecified atom stereocenters. The minimum absolute atomic E-state index is 0.278. The van der Waals surface area contributed by atoms with E-state index in [1.165, 1.54) is 12.4 Å². The number of aromatic nitrogens is 2. The number of hydrazine groups is 1. The predicted molar refractivity (Wildman–Crippen MR) is 50.9 cm³/mol. The first-order chi connectivity index (χ1) is 6.27. The van der Waals surface area contributed by atoms with E-state index in [1.54, 1.807) is 0 Å². The molecule has 0 saturated heterocycles. The van der Waals surface area contributed by atoms with E-state index in [0.717, 1.165) is 12.2 Å². The number of carbonyl (C=O) groups excluding carboxylic acids is 1. The molecule has 0 spiro atoms. The lowest BCUT2D eigenvalue weighted by atomic mass is 10.3. The van der Waals surface area contributed by atoms with Crippen LogP contribution in [0.25, 0.3) is 0 Å². The van der Waals surface area contributed by atoms with Gasteiger partial charge < -0.3 is 0 Å². The van der Waals surface area contributed by atoms with Crippen LogP contribution in [-0.2, 0) is 6.42 Å². The van der Waals surface area contributed by atoms with Crippen LogP contribution in [-0.4, -0.2) is 15.9 Å². The van der Waals surface area contributed by atoms with Crippen LogP contribution in [0.2, 0.25) is 0 Å². The molecule has 0 fully saturated rings. The summed E-state index contributed by atoms with van der Waals surface area (Å²) in [4.78, 5) is 19.1. The fraction of sp³-hybridized carbons (Fsp3) is 0.286. The third-order valence-electron chi connectivity index (χ3n) is 1.44. The Kier molecular flexibility index (Phi) is 3.78. The highest BCUT2D eigenvalue weighted by Gasteiger charge is 2.04. The first-order valence-corrected chi connectivity index (χ1v) is 4.54. The fourth-order valence-corrected chi connectivity index (χ4v) is 0.950. The van der Waals surface area contributed by atoms with E-state index in [0.29, 0.717) is 5.56 Å². The zero-order chi connectivity index (χ0) is 9.68. The van der Waals surface area contributed by atoms with Gasteiger partial charge in [0.25, 0.3) is 5.91 Å². The number of amides is 1. The summed E-state index contributed by atoms with van der Waals surface area (Å²) >= 11 is 2.85. The summed E-state index contributed by atoms with van der Waals surface area (Å²) in [6, 6.07) is 0. The van der Waals surface area contributed by atoms with Crippen molar-refractivity contribution >= 4 is 22.1 Å². The van der Waals surface area contributed by atoms with Crippen molar-refractivity contribution in [1.29, 1.82) is 0 Å². The summed E-state index contributed by atoms with van der Waals surface area (Å²) < 4.78 is 2.35. The SMILES string of the molecule is CCc1ncc(C(=O)NNBr)cn1. The van der Waals surface area contributed by atoms with Gasteiger partial charge in [-0.3, -0.25) is 10.2 Å². The molecular formula is C7H9BrN4O. The molecule has 2 N–H and O–H groups in total. The normalized spacial score (nSPS) is 9.69. The van der Waals surface area contributed by atoms with E-state index in [2.05, 4.69) is 36.0 Å². The highest BCUT2D eigenvalue weighted by atomic mass is 79.9. The van der Waals surface area contributed by atoms with Gasteiger partial charge in [0.2, 0.25) is 0 Å². The van der Waals surface area contributed by atoms with Gasteiger partial charge in [-0.25, -0.2) is 9.97 Å². The zero-order valence-electron chi connectivity index (χ0n) is 7.04. The number of nitrogens with zero attached hydrogens (tertiary/aromatic N) is 2. The molecule has 1 amide bonds. The monoisotopic (exact) mass is 244 g/mol. The molecule has 1 aromatic rings. The van der Waals surface area contributed by atoms with Crippen molar-refractivity contribution in [2.24, 2.45) is 0 Å². The number of carbonyl (C=O) groups is 1. The lowest BCUT2D eigenvalue weighted by Crippen LogP contribution is -2.30. The molecule has 0 atom stereocenters. The number of halogens is 1. The second-order valence-corrected chi connectivity index (χ2v) is 2.69. The average Bonchev–Trinajstić information content (AvgIpc) is 2.18. The second-order valence-electron chi connectivity index (χ2n) is 2.29. The summed E-state index contributed by atoms with van der Waals surface area (Å²) in [7, 11) is 0. The number of rotatable bonds is 3. The molecule has 0 aliphatic rings. The van der Waals surface area contributed by atoms with Crippen molar-refractivity contribution in [2.75, 3.05) is 0 Å². The van der Waals surface area contributed by atoms with Gasteiger partial charge in [0.1, 0.15) is 5.82 Å². The Morgan fingerprint density at radius 2 is 2.15 bits per heavy atom. The van der Waals surface area contributed by atoms with Crippen LogP contribution in [0.1, 0.15) is 23.1 Å². The van der Waals surface area contributed by atoms with E-state index in [4.69, 9.17) is 0 Å². The molecule has 5 nitrogen and oxygen atoms in total. The maximum atomic E-state index is 11.2. The van der Waals surface area contributed by atoms with Crippen LogP contribution < -0.4 is 9.88 Å². The first-order valence-electron chi connectivity index (χ1n) is 3.74. The second kappa shape index (κ2) is 4.88. The molecule has 0 aliphatic heterocycles. The molecule has 1 heterocycles.